The van der Waals surface area contributed by atoms with Gasteiger partial charge in [-0.25, -0.2) is 0 Å². The SMILES string of the molecule is CCOc1cc(C2C3=C(CCCC3=O)NC3=C2C(=O)CCC3)ccc1OCC(=O)Nc1ccc(OC)cc1. The molecule has 198 valence electrons. The lowest BCUT2D eigenvalue weighted by Crippen LogP contribution is -2.36. The number of allylic oxidation sites excluding steroid dienone is 4. The molecule has 1 aliphatic heterocycles. The van der Waals surface area contributed by atoms with Gasteiger partial charge < -0.3 is 24.8 Å². The van der Waals surface area contributed by atoms with E-state index in [0.29, 0.717) is 53.5 Å². The molecule has 0 bridgehead atoms. The Kier molecular flexibility index (Phi) is 7.49. The Morgan fingerprint density at radius 1 is 0.895 bits per heavy atom. The Bertz CT molecular complexity index is 1280. The summed E-state index contributed by atoms with van der Waals surface area (Å²) in [4.78, 5) is 38.7. The van der Waals surface area contributed by atoms with Gasteiger partial charge in [0.25, 0.3) is 5.91 Å². The Labute approximate surface area is 222 Å². The highest BCUT2D eigenvalue weighted by atomic mass is 16.5. The van der Waals surface area contributed by atoms with Gasteiger partial charge in [-0.3, -0.25) is 14.4 Å². The van der Waals surface area contributed by atoms with Crippen molar-refractivity contribution in [3.05, 3.63) is 70.6 Å². The number of dihydropyridines is 1. The fraction of sp³-hybridized carbons (Fsp3) is 0.367. The molecule has 0 saturated heterocycles. The lowest BCUT2D eigenvalue weighted by molar-refractivity contribution is -0.118. The first kappa shape index (κ1) is 25.6. The number of anilines is 1. The van der Waals surface area contributed by atoms with Crippen LogP contribution in [0.25, 0.3) is 0 Å². The van der Waals surface area contributed by atoms with Crippen LogP contribution in [-0.2, 0) is 14.4 Å². The van der Waals surface area contributed by atoms with Crippen molar-refractivity contribution in [1.29, 1.82) is 0 Å². The minimum Gasteiger partial charge on any atom is -0.497 e. The van der Waals surface area contributed by atoms with Crippen molar-refractivity contribution in [2.45, 2.75) is 51.4 Å². The maximum Gasteiger partial charge on any atom is 0.262 e. The van der Waals surface area contributed by atoms with Gasteiger partial charge >= 0.3 is 0 Å². The number of carbonyl (C=O) groups is 3. The molecule has 38 heavy (non-hydrogen) atoms. The fourth-order valence-electron chi connectivity index (χ4n) is 5.42. The van der Waals surface area contributed by atoms with Gasteiger partial charge in [-0.2, -0.15) is 0 Å². The lowest BCUT2D eigenvalue weighted by Gasteiger charge is -2.37. The molecule has 2 N–H and O–H groups in total. The zero-order chi connectivity index (χ0) is 26.6. The number of nitrogens with one attached hydrogen (secondary N) is 2. The molecule has 1 heterocycles. The number of ketones is 2. The maximum atomic E-state index is 13.1. The predicted molar refractivity (Wildman–Crippen MR) is 142 cm³/mol. The van der Waals surface area contributed by atoms with Crippen LogP contribution in [0.15, 0.2) is 65.0 Å². The summed E-state index contributed by atoms with van der Waals surface area (Å²) in [5, 5.41) is 6.23. The molecule has 8 nitrogen and oxygen atoms in total. The van der Waals surface area contributed by atoms with Crippen molar-refractivity contribution < 1.29 is 28.6 Å². The summed E-state index contributed by atoms with van der Waals surface area (Å²) >= 11 is 0. The molecule has 3 aliphatic rings. The average molecular weight is 517 g/mol. The van der Waals surface area contributed by atoms with Crippen molar-refractivity contribution in [2.75, 3.05) is 25.6 Å². The van der Waals surface area contributed by atoms with E-state index in [2.05, 4.69) is 10.6 Å². The van der Waals surface area contributed by atoms with Gasteiger partial charge in [0.1, 0.15) is 5.75 Å². The van der Waals surface area contributed by atoms with Crippen molar-refractivity contribution in [3.63, 3.8) is 0 Å². The monoisotopic (exact) mass is 516 g/mol. The molecule has 2 aromatic carbocycles. The third-order valence-corrected chi connectivity index (χ3v) is 7.12. The number of amides is 1. The summed E-state index contributed by atoms with van der Waals surface area (Å²) in [7, 11) is 1.58. The Morgan fingerprint density at radius 2 is 1.55 bits per heavy atom. The smallest absolute Gasteiger partial charge is 0.262 e. The van der Waals surface area contributed by atoms with Crippen LogP contribution in [-0.4, -0.2) is 37.8 Å². The zero-order valence-electron chi connectivity index (χ0n) is 21.7. The fourth-order valence-corrected chi connectivity index (χ4v) is 5.42. The summed E-state index contributed by atoms with van der Waals surface area (Å²) in [6, 6.07) is 12.5. The van der Waals surface area contributed by atoms with Crippen molar-refractivity contribution >= 4 is 23.2 Å². The molecular weight excluding hydrogens is 484 g/mol. The van der Waals surface area contributed by atoms with Gasteiger partial charge in [0.15, 0.2) is 29.7 Å². The van der Waals surface area contributed by atoms with Gasteiger partial charge in [0, 0.05) is 47.0 Å². The summed E-state index contributed by atoms with van der Waals surface area (Å²) in [5.41, 5.74) is 4.71. The lowest BCUT2D eigenvalue weighted by atomic mass is 9.71. The zero-order valence-corrected chi connectivity index (χ0v) is 21.7. The molecule has 0 atom stereocenters. The van der Waals surface area contributed by atoms with Crippen LogP contribution >= 0.6 is 0 Å². The third-order valence-electron chi connectivity index (χ3n) is 7.12. The number of carbonyl (C=O) groups excluding carboxylic acids is 3. The average Bonchev–Trinajstić information content (AvgIpc) is 2.92. The summed E-state index contributed by atoms with van der Waals surface area (Å²) < 4.78 is 16.9. The van der Waals surface area contributed by atoms with Gasteiger partial charge in [-0.15, -0.1) is 0 Å². The van der Waals surface area contributed by atoms with Gasteiger partial charge in [0.2, 0.25) is 0 Å². The van der Waals surface area contributed by atoms with Gasteiger partial charge in [0.05, 0.1) is 13.7 Å². The van der Waals surface area contributed by atoms with E-state index in [0.717, 1.165) is 42.6 Å². The Morgan fingerprint density at radius 3 is 2.16 bits per heavy atom. The van der Waals surface area contributed by atoms with E-state index >= 15 is 0 Å². The second-order valence-corrected chi connectivity index (χ2v) is 9.60. The second kappa shape index (κ2) is 11.1. The molecule has 2 aromatic rings. The number of methoxy groups -OCH3 is 1. The highest BCUT2D eigenvalue weighted by molar-refractivity contribution is 6.06. The van der Waals surface area contributed by atoms with E-state index in [9.17, 15) is 14.4 Å². The van der Waals surface area contributed by atoms with Gasteiger partial charge in [-0.05, 0) is 74.6 Å². The standard InChI is InChI=1S/C30H32N2O6/c1-3-37-26-16-18(10-15-25(26)38-17-27(35)31-19-11-13-20(36-2)14-12-19)28-29-21(6-4-8-23(29)33)32-22-7-5-9-24(34)30(22)28/h10-16,28,32H,3-9,17H2,1-2H3,(H,31,35). The molecular formula is C30H32N2O6. The van der Waals surface area contributed by atoms with Crippen molar-refractivity contribution in [1.82, 2.24) is 5.32 Å². The molecule has 0 fully saturated rings. The molecule has 0 saturated carbocycles. The molecule has 0 aromatic heterocycles. The largest absolute Gasteiger partial charge is 0.497 e. The highest BCUT2D eigenvalue weighted by Crippen LogP contribution is 2.46. The highest BCUT2D eigenvalue weighted by Gasteiger charge is 2.40. The number of hydrogen-bond donors (Lipinski definition) is 2. The van der Waals surface area contributed by atoms with Crippen LogP contribution in [0.3, 0.4) is 0 Å². The number of Topliss-reactive ketones (excluding diaryl/α,β-unsaturated/α-hetero) is 2. The van der Waals surface area contributed by atoms with Crippen LogP contribution in [0.2, 0.25) is 0 Å². The van der Waals surface area contributed by atoms with Crippen molar-refractivity contribution in [2.24, 2.45) is 0 Å². The molecule has 0 unspecified atom stereocenters. The minimum atomic E-state index is -0.423. The topological polar surface area (TPSA) is 103 Å². The van der Waals surface area contributed by atoms with E-state index in [1.807, 2.05) is 19.1 Å². The first-order valence-corrected chi connectivity index (χ1v) is 13.1. The third kappa shape index (κ3) is 5.16. The quantitative estimate of drug-likeness (QED) is 0.519. The molecule has 0 radical (unpaired) electrons. The predicted octanol–water partition coefficient (Wildman–Crippen LogP) is 4.81. The molecule has 1 amide bonds. The number of hydrogen-bond acceptors (Lipinski definition) is 7. The molecule has 5 rings (SSSR count). The number of rotatable bonds is 8. The minimum absolute atomic E-state index is 0.0853. The maximum absolute atomic E-state index is 13.1. The summed E-state index contributed by atoms with van der Waals surface area (Å²) in [6.07, 6.45) is 4.18. The van der Waals surface area contributed by atoms with Crippen LogP contribution in [0.4, 0.5) is 5.69 Å². The first-order valence-electron chi connectivity index (χ1n) is 13.1. The van der Waals surface area contributed by atoms with E-state index in [-0.39, 0.29) is 24.1 Å². The van der Waals surface area contributed by atoms with Crippen LogP contribution in [0.1, 0.15) is 56.9 Å². The molecule has 8 heteroatoms. The van der Waals surface area contributed by atoms with Gasteiger partial charge in [-0.1, -0.05) is 6.07 Å². The first-order chi connectivity index (χ1) is 18.5. The van der Waals surface area contributed by atoms with Crippen LogP contribution < -0.4 is 24.8 Å². The van der Waals surface area contributed by atoms with E-state index in [1.165, 1.54) is 0 Å². The van der Waals surface area contributed by atoms with Crippen LogP contribution in [0.5, 0.6) is 17.2 Å². The molecule has 2 aliphatic carbocycles. The molecule has 0 spiro atoms. The van der Waals surface area contributed by atoms with E-state index in [4.69, 9.17) is 14.2 Å². The Balaban J connectivity index is 1.40. The van der Waals surface area contributed by atoms with Crippen LogP contribution in [0, 0.1) is 0 Å². The Hall–Kier alpha value is -4.07. The second-order valence-electron chi connectivity index (χ2n) is 9.60. The summed E-state index contributed by atoms with van der Waals surface area (Å²) in [5.74, 6) is 1.02. The van der Waals surface area contributed by atoms with E-state index in [1.54, 1.807) is 37.4 Å². The number of benzene rings is 2. The van der Waals surface area contributed by atoms with E-state index < -0.39 is 5.92 Å². The normalized spacial score (nSPS) is 17.4. The summed E-state index contributed by atoms with van der Waals surface area (Å²) in [6.45, 7) is 2.05. The van der Waals surface area contributed by atoms with Crippen molar-refractivity contribution in [3.8, 4) is 17.2 Å². The number of ether oxygens (including phenoxy) is 3.